The first-order valence-corrected chi connectivity index (χ1v) is 10.3. The van der Waals surface area contributed by atoms with Crippen molar-refractivity contribution in [3.05, 3.63) is 65.2 Å². The number of benzene rings is 2. The molecule has 0 aromatic heterocycles. The number of likely N-dealkylation sites (tertiary alicyclic amines) is 1. The van der Waals surface area contributed by atoms with Crippen molar-refractivity contribution in [2.45, 2.75) is 25.4 Å². The molecule has 5 nitrogen and oxygen atoms in total. The first-order valence-electron chi connectivity index (χ1n) is 10.3. The van der Waals surface area contributed by atoms with Crippen LogP contribution in [0.15, 0.2) is 48.5 Å². The molecule has 2 amide bonds. The predicted molar refractivity (Wildman–Crippen MR) is 110 cm³/mol. The SMILES string of the molecule is Cc1ccccc1C1CC(=O)N(CN2CCN(c3cccc(C(F)(F)F)c3)CC2)C1=O. The highest BCUT2D eigenvalue weighted by molar-refractivity contribution is 6.06. The van der Waals surface area contributed by atoms with Crippen LogP contribution in [0, 0.1) is 6.92 Å². The number of piperazine rings is 1. The molecular formula is C23H24F3N3O2. The van der Waals surface area contributed by atoms with E-state index in [9.17, 15) is 22.8 Å². The van der Waals surface area contributed by atoms with E-state index in [2.05, 4.69) is 0 Å². The van der Waals surface area contributed by atoms with Gasteiger partial charge >= 0.3 is 6.18 Å². The highest BCUT2D eigenvalue weighted by atomic mass is 19.4. The lowest BCUT2D eigenvalue weighted by atomic mass is 9.93. The highest BCUT2D eigenvalue weighted by Gasteiger charge is 2.40. The fourth-order valence-corrected chi connectivity index (χ4v) is 4.28. The number of rotatable bonds is 4. The van der Waals surface area contributed by atoms with Gasteiger partial charge in [-0.25, -0.2) is 0 Å². The van der Waals surface area contributed by atoms with E-state index >= 15 is 0 Å². The molecule has 0 radical (unpaired) electrons. The lowest BCUT2D eigenvalue weighted by Gasteiger charge is -2.37. The summed E-state index contributed by atoms with van der Waals surface area (Å²) in [6.07, 6.45) is -4.20. The molecule has 0 bridgehead atoms. The molecule has 4 rings (SSSR count). The van der Waals surface area contributed by atoms with Crippen LogP contribution in [-0.4, -0.2) is 54.5 Å². The molecule has 1 atom stereocenters. The van der Waals surface area contributed by atoms with Crippen molar-refractivity contribution in [2.24, 2.45) is 0 Å². The largest absolute Gasteiger partial charge is 0.416 e. The Bertz CT molecular complexity index is 984. The number of carbonyl (C=O) groups excluding carboxylic acids is 2. The van der Waals surface area contributed by atoms with Crippen LogP contribution in [0.3, 0.4) is 0 Å². The minimum absolute atomic E-state index is 0.174. The second-order valence-corrected chi connectivity index (χ2v) is 8.07. The molecule has 2 heterocycles. The second kappa shape index (κ2) is 8.34. The molecule has 2 aliphatic heterocycles. The monoisotopic (exact) mass is 431 g/mol. The number of halogens is 3. The number of amides is 2. The zero-order valence-corrected chi connectivity index (χ0v) is 17.2. The Hall–Kier alpha value is -2.87. The number of aryl methyl sites for hydroxylation is 1. The van der Waals surface area contributed by atoms with Gasteiger partial charge in [0.2, 0.25) is 11.8 Å². The summed E-state index contributed by atoms with van der Waals surface area (Å²) in [5.74, 6) is -0.807. The second-order valence-electron chi connectivity index (χ2n) is 8.07. The number of imide groups is 1. The topological polar surface area (TPSA) is 43.9 Å². The van der Waals surface area contributed by atoms with Crippen molar-refractivity contribution in [2.75, 3.05) is 37.7 Å². The Labute approximate surface area is 179 Å². The maximum atomic E-state index is 13.0. The van der Waals surface area contributed by atoms with Gasteiger partial charge in [-0.05, 0) is 36.2 Å². The third-order valence-corrected chi connectivity index (χ3v) is 6.06. The van der Waals surface area contributed by atoms with Gasteiger partial charge in [0.15, 0.2) is 0 Å². The first-order chi connectivity index (χ1) is 14.7. The van der Waals surface area contributed by atoms with Gasteiger partial charge in [0, 0.05) is 38.3 Å². The van der Waals surface area contributed by atoms with Crippen LogP contribution in [0.2, 0.25) is 0 Å². The van der Waals surface area contributed by atoms with Gasteiger partial charge < -0.3 is 4.90 Å². The number of carbonyl (C=O) groups is 2. The number of anilines is 1. The number of alkyl halides is 3. The quantitative estimate of drug-likeness (QED) is 0.694. The van der Waals surface area contributed by atoms with Crippen molar-refractivity contribution in [1.82, 2.24) is 9.80 Å². The summed E-state index contributed by atoms with van der Waals surface area (Å²) in [7, 11) is 0. The molecular weight excluding hydrogens is 407 g/mol. The Morgan fingerprint density at radius 2 is 1.68 bits per heavy atom. The van der Waals surface area contributed by atoms with Crippen LogP contribution in [0.25, 0.3) is 0 Å². The predicted octanol–water partition coefficient (Wildman–Crippen LogP) is 3.64. The minimum Gasteiger partial charge on any atom is -0.369 e. The third kappa shape index (κ3) is 4.44. The van der Waals surface area contributed by atoms with Gasteiger partial charge in [0.05, 0.1) is 18.2 Å². The molecule has 2 saturated heterocycles. The fraction of sp³-hybridized carbons (Fsp3) is 0.391. The molecule has 2 fully saturated rings. The van der Waals surface area contributed by atoms with E-state index < -0.39 is 17.7 Å². The number of hydrogen-bond donors (Lipinski definition) is 0. The van der Waals surface area contributed by atoms with Gasteiger partial charge in [0.1, 0.15) is 0 Å². The number of hydrogen-bond acceptors (Lipinski definition) is 4. The van der Waals surface area contributed by atoms with Crippen LogP contribution < -0.4 is 4.90 Å². The molecule has 1 unspecified atom stereocenters. The summed E-state index contributed by atoms with van der Waals surface area (Å²) in [4.78, 5) is 30.7. The van der Waals surface area contributed by atoms with Crippen molar-refractivity contribution in [1.29, 1.82) is 0 Å². The zero-order valence-electron chi connectivity index (χ0n) is 17.2. The molecule has 0 N–H and O–H groups in total. The maximum Gasteiger partial charge on any atom is 0.416 e. The molecule has 164 valence electrons. The molecule has 0 aliphatic carbocycles. The van der Waals surface area contributed by atoms with Crippen molar-refractivity contribution >= 4 is 17.5 Å². The Morgan fingerprint density at radius 1 is 0.968 bits per heavy atom. The normalized spacial score (nSPS) is 20.6. The van der Waals surface area contributed by atoms with Crippen LogP contribution >= 0.6 is 0 Å². The smallest absolute Gasteiger partial charge is 0.369 e. The first kappa shape index (κ1) is 21.4. The molecule has 2 aliphatic rings. The van der Waals surface area contributed by atoms with E-state index in [-0.39, 0.29) is 24.9 Å². The molecule has 8 heteroatoms. The summed E-state index contributed by atoms with van der Waals surface area (Å²) in [6.45, 7) is 4.32. The Balaban J connectivity index is 1.38. The van der Waals surface area contributed by atoms with Crippen molar-refractivity contribution in [3.8, 4) is 0 Å². The lowest BCUT2D eigenvalue weighted by Crippen LogP contribution is -2.51. The average molecular weight is 431 g/mol. The summed E-state index contributed by atoms with van der Waals surface area (Å²) in [6, 6.07) is 12.9. The third-order valence-electron chi connectivity index (χ3n) is 6.06. The summed E-state index contributed by atoms with van der Waals surface area (Å²) in [5.41, 5.74) is 1.74. The Morgan fingerprint density at radius 3 is 2.35 bits per heavy atom. The molecule has 2 aromatic carbocycles. The van der Waals surface area contributed by atoms with E-state index in [0.717, 1.165) is 23.3 Å². The van der Waals surface area contributed by atoms with Gasteiger partial charge in [-0.3, -0.25) is 19.4 Å². The molecule has 0 spiro atoms. The minimum atomic E-state index is -4.37. The van der Waals surface area contributed by atoms with Crippen LogP contribution in [0.4, 0.5) is 18.9 Å². The number of nitrogens with zero attached hydrogens (tertiary/aromatic N) is 3. The molecule has 31 heavy (non-hydrogen) atoms. The van der Waals surface area contributed by atoms with Gasteiger partial charge in [-0.1, -0.05) is 30.3 Å². The van der Waals surface area contributed by atoms with Crippen molar-refractivity contribution in [3.63, 3.8) is 0 Å². The summed E-state index contributed by atoms with van der Waals surface area (Å²) >= 11 is 0. The van der Waals surface area contributed by atoms with Gasteiger partial charge in [0.25, 0.3) is 0 Å². The highest BCUT2D eigenvalue weighted by Crippen LogP contribution is 2.33. The summed E-state index contributed by atoms with van der Waals surface area (Å²) in [5, 5.41) is 0. The maximum absolute atomic E-state index is 13.0. The fourth-order valence-electron chi connectivity index (χ4n) is 4.28. The van der Waals surface area contributed by atoms with Crippen molar-refractivity contribution < 1.29 is 22.8 Å². The molecule has 2 aromatic rings. The van der Waals surface area contributed by atoms with E-state index in [1.54, 1.807) is 6.07 Å². The molecule has 0 saturated carbocycles. The van der Waals surface area contributed by atoms with E-state index in [4.69, 9.17) is 0 Å². The van der Waals surface area contributed by atoms with Gasteiger partial charge in [-0.15, -0.1) is 0 Å². The average Bonchev–Trinajstić information content (AvgIpc) is 3.02. The van der Waals surface area contributed by atoms with E-state index in [1.165, 1.54) is 11.0 Å². The Kier molecular flexibility index (Phi) is 5.75. The van der Waals surface area contributed by atoms with E-state index in [1.807, 2.05) is 41.0 Å². The zero-order chi connectivity index (χ0) is 22.2. The van der Waals surface area contributed by atoms with Gasteiger partial charge in [-0.2, -0.15) is 13.2 Å². The van der Waals surface area contributed by atoms with Crippen LogP contribution in [0.1, 0.15) is 29.0 Å². The lowest BCUT2D eigenvalue weighted by molar-refractivity contribution is -0.141. The van der Waals surface area contributed by atoms with Crippen LogP contribution in [-0.2, 0) is 15.8 Å². The summed E-state index contributed by atoms with van der Waals surface area (Å²) < 4.78 is 38.9. The standard InChI is InChI=1S/C23H24F3N3O2/c1-16-5-2-3-8-19(16)20-14-21(30)29(22(20)31)15-27-9-11-28(12-10-27)18-7-4-6-17(13-18)23(24,25)26/h2-8,13,20H,9-12,14-15H2,1H3. The van der Waals surface area contributed by atoms with Crippen LogP contribution in [0.5, 0.6) is 0 Å². The van der Waals surface area contributed by atoms with E-state index in [0.29, 0.717) is 31.9 Å².